The van der Waals surface area contributed by atoms with Crippen molar-refractivity contribution in [2.24, 2.45) is 10.8 Å². The molecule has 3 heterocycles. The number of carbonyl (C=O) groups is 1. The van der Waals surface area contributed by atoms with Gasteiger partial charge in [-0.3, -0.25) is 0 Å². The van der Waals surface area contributed by atoms with Crippen molar-refractivity contribution in [3.63, 3.8) is 0 Å². The molecule has 1 saturated carbocycles. The van der Waals surface area contributed by atoms with Crippen LogP contribution in [0.5, 0.6) is 0 Å². The molecule has 4 aliphatic rings. The first-order valence-corrected chi connectivity index (χ1v) is 7.32. The maximum absolute atomic E-state index is 12.0. The number of fused-ring (bicyclic) bond motifs is 1. The molecule has 4 atom stereocenters. The Morgan fingerprint density at radius 1 is 1.41 bits per heavy atom. The van der Waals surface area contributed by atoms with Crippen LogP contribution < -0.4 is 0 Å². The lowest BCUT2D eigenvalue weighted by atomic mass is 9.62. The van der Waals surface area contributed by atoms with E-state index in [1.54, 1.807) is 0 Å². The molecule has 6 nitrogen and oxygen atoms in total. The fraction of sp³-hybridized carbons (Fsp3) is 0.900. The Hall–Kier alpha value is -0.660. The second kappa shape index (κ2) is 2.26. The Labute approximate surface area is 98.9 Å². The molecular formula is C10H13NO5S. The van der Waals surface area contributed by atoms with E-state index in [4.69, 9.17) is 9.57 Å². The van der Waals surface area contributed by atoms with Crippen molar-refractivity contribution in [2.45, 2.75) is 38.5 Å². The van der Waals surface area contributed by atoms with E-state index in [2.05, 4.69) is 0 Å². The molecule has 17 heavy (non-hydrogen) atoms. The predicted molar refractivity (Wildman–Crippen MR) is 54.8 cm³/mol. The van der Waals surface area contributed by atoms with Crippen LogP contribution in [-0.4, -0.2) is 36.4 Å². The Morgan fingerprint density at radius 3 is 2.76 bits per heavy atom. The van der Waals surface area contributed by atoms with Crippen molar-refractivity contribution in [2.75, 3.05) is 5.75 Å². The number of rotatable bonds is 0. The summed E-state index contributed by atoms with van der Waals surface area (Å²) in [6.07, 6.45) is 1.18. The first-order valence-electron chi connectivity index (χ1n) is 5.71. The number of hydroxylamine groups is 1. The van der Waals surface area contributed by atoms with Gasteiger partial charge in [0.15, 0.2) is 0 Å². The molecule has 0 aromatic rings. The minimum absolute atomic E-state index is 0.00139. The lowest BCUT2D eigenvalue weighted by molar-refractivity contribution is -0.187. The highest BCUT2D eigenvalue weighted by molar-refractivity contribution is 7.89. The first kappa shape index (κ1) is 10.3. The van der Waals surface area contributed by atoms with Gasteiger partial charge in [0.05, 0.1) is 11.2 Å². The van der Waals surface area contributed by atoms with Crippen LogP contribution in [0.2, 0.25) is 0 Å². The molecule has 0 aromatic heterocycles. The number of esters is 1. The molecule has 0 N–H and O–H groups in total. The molecule has 4 fully saturated rings. The second-order valence-electron chi connectivity index (χ2n) is 5.96. The monoisotopic (exact) mass is 259 g/mol. The van der Waals surface area contributed by atoms with E-state index in [-0.39, 0.29) is 17.3 Å². The zero-order chi connectivity index (χ0) is 12.3. The summed E-state index contributed by atoms with van der Waals surface area (Å²) in [6.45, 7) is 3.94. The lowest BCUT2D eigenvalue weighted by Gasteiger charge is -2.46. The smallest absolute Gasteiger partial charge is 0.360 e. The molecule has 1 aliphatic carbocycles. The summed E-state index contributed by atoms with van der Waals surface area (Å²) in [7, 11) is -3.48. The third-order valence-corrected chi connectivity index (χ3v) is 6.86. The molecule has 3 saturated heterocycles. The van der Waals surface area contributed by atoms with Gasteiger partial charge in [-0.05, 0) is 17.3 Å². The quantitative estimate of drug-likeness (QED) is 0.452. The van der Waals surface area contributed by atoms with Crippen LogP contribution in [0.3, 0.4) is 0 Å². The molecular weight excluding hydrogens is 246 g/mol. The summed E-state index contributed by atoms with van der Waals surface area (Å²) in [6, 6.07) is 0. The Kier molecular flexibility index (Phi) is 1.37. The number of ether oxygens (including phenoxy) is 1. The number of sulfonamides is 1. The van der Waals surface area contributed by atoms with Crippen molar-refractivity contribution in [1.82, 2.24) is 4.47 Å². The fourth-order valence-electron chi connectivity index (χ4n) is 4.04. The van der Waals surface area contributed by atoms with Crippen LogP contribution in [0.15, 0.2) is 0 Å². The zero-order valence-electron chi connectivity index (χ0n) is 9.60. The fourth-order valence-corrected chi connectivity index (χ4v) is 6.35. The lowest BCUT2D eigenvalue weighted by Crippen LogP contribution is -2.59. The highest BCUT2D eigenvalue weighted by Gasteiger charge is 2.91. The molecule has 2 spiro atoms. The molecule has 3 aliphatic heterocycles. The molecule has 0 amide bonds. The van der Waals surface area contributed by atoms with Crippen LogP contribution >= 0.6 is 0 Å². The summed E-state index contributed by atoms with van der Waals surface area (Å²) in [5, 5.41) is 0. The van der Waals surface area contributed by atoms with Crippen LogP contribution in [0.4, 0.5) is 0 Å². The standard InChI is InChI=1S/C10H13NO5S/c1-8(2)6-3-4-9(8)5-17(13,14)11-10(9,16-11)7(12)15-6/h6H,3-5H2,1-2H3/t6-,9+,10+,11?/m0/s1. The second-order valence-corrected chi connectivity index (χ2v) is 7.74. The van der Waals surface area contributed by atoms with E-state index in [1.165, 1.54) is 0 Å². The number of nitrogens with zero attached hydrogens (tertiary/aromatic N) is 1. The first-order chi connectivity index (χ1) is 7.78. The van der Waals surface area contributed by atoms with Gasteiger partial charge in [0.25, 0.3) is 5.72 Å². The molecule has 0 aromatic carbocycles. The van der Waals surface area contributed by atoms with Crippen molar-refractivity contribution in [3.05, 3.63) is 0 Å². The van der Waals surface area contributed by atoms with Crippen molar-refractivity contribution < 1.29 is 22.8 Å². The van der Waals surface area contributed by atoms with Gasteiger partial charge in [0.2, 0.25) is 10.0 Å². The number of carbonyl (C=O) groups excluding carboxylic acids is 1. The van der Waals surface area contributed by atoms with Gasteiger partial charge < -0.3 is 4.74 Å². The minimum atomic E-state index is -3.48. The third kappa shape index (κ3) is 0.750. The minimum Gasteiger partial charge on any atom is -0.458 e. The molecule has 0 radical (unpaired) electrons. The largest absolute Gasteiger partial charge is 0.458 e. The molecule has 4 rings (SSSR count). The average Bonchev–Trinajstić information content (AvgIpc) is 2.89. The van der Waals surface area contributed by atoms with E-state index in [0.717, 1.165) is 4.47 Å². The molecule has 1 unspecified atom stereocenters. The van der Waals surface area contributed by atoms with Crippen LogP contribution in [0.25, 0.3) is 0 Å². The van der Waals surface area contributed by atoms with E-state index >= 15 is 0 Å². The summed E-state index contributed by atoms with van der Waals surface area (Å²) >= 11 is 0. The predicted octanol–water partition coefficient (Wildman–Crippen LogP) is 0.00510. The van der Waals surface area contributed by atoms with Crippen LogP contribution in [0, 0.1) is 10.8 Å². The van der Waals surface area contributed by atoms with Gasteiger partial charge in [0.1, 0.15) is 6.10 Å². The molecule has 94 valence electrons. The Bertz CT molecular complexity index is 555. The summed E-state index contributed by atoms with van der Waals surface area (Å²) < 4.78 is 30.2. The summed E-state index contributed by atoms with van der Waals surface area (Å²) in [4.78, 5) is 17.2. The zero-order valence-corrected chi connectivity index (χ0v) is 10.4. The van der Waals surface area contributed by atoms with Gasteiger partial charge in [-0.2, -0.15) is 0 Å². The average molecular weight is 259 g/mol. The van der Waals surface area contributed by atoms with Crippen molar-refractivity contribution in [3.8, 4) is 0 Å². The van der Waals surface area contributed by atoms with E-state index < -0.39 is 27.1 Å². The number of hydrogen-bond donors (Lipinski definition) is 0. The van der Waals surface area contributed by atoms with E-state index in [9.17, 15) is 13.2 Å². The highest BCUT2D eigenvalue weighted by Crippen LogP contribution is 2.73. The maximum Gasteiger partial charge on any atom is 0.360 e. The van der Waals surface area contributed by atoms with Gasteiger partial charge in [-0.1, -0.05) is 13.8 Å². The van der Waals surface area contributed by atoms with Gasteiger partial charge in [-0.25, -0.2) is 18.0 Å². The van der Waals surface area contributed by atoms with Crippen LogP contribution in [0.1, 0.15) is 26.7 Å². The third-order valence-electron chi connectivity index (χ3n) is 5.17. The van der Waals surface area contributed by atoms with Crippen molar-refractivity contribution >= 4 is 16.0 Å². The Morgan fingerprint density at radius 2 is 2.12 bits per heavy atom. The van der Waals surface area contributed by atoms with Gasteiger partial charge in [-0.15, -0.1) is 0 Å². The summed E-state index contributed by atoms with van der Waals surface area (Å²) in [5.41, 5.74) is -2.35. The number of hydrogen-bond acceptors (Lipinski definition) is 5. The topological polar surface area (TPSA) is 76.0 Å². The van der Waals surface area contributed by atoms with E-state index in [1.807, 2.05) is 13.8 Å². The Balaban J connectivity index is 2.02. The molecule has 2 bridgehead atoms. The highest BCUT2D eigenvalue weighted by atomic mass is 32.2. The van der Waals surface area contributed by atoms with Gasteiger partial charge in [0, 0.05) is 5.41 Å². The van der Waals surface area contributed by atoms with Crippen LogP contribution in [-0.2, 0) is 24.4 Å². The van der Waals surface area contributed by atoms with E-state index in [0.29, 0.717) is 12.8 Å². The van der Waals surface area contributed by atoms with Crippen molar-refractivity contribution in [1.29, 1.82) is 0 Å². The normalized spacial score (nSPS) is 56.0. The van der Waals surface area contributed by atoms with Gasteiger partial charge >= 0.3 is 5.97 Å². The maximum atomic E-state index is 12.0. The molecule has 7 heteroatoms. The SMILES string of the molecule is CC1(C)[C@@H]2CC[C@@]13CS(=O)(=O)N1O[C@@]13C(=O)O2. The summed E-state index contributed by atoms with van der Waals surface area (Å²) in [5.74, 6) is -0.529.